The summed E-state index contributed by atoms with van der Waals surface area (Å²) in [7, 11) is 0. The van der Waals surface area contributed by atoms with Crippen molar-refractivity contribution in [2.75, 3.05) is 45.8 Å². The molecule has 23 heavy (non-hydrogen) atoms. The lowest BCUT2D eigenvalue weighted by Crippen LogP contribution is -2.57. The van der Waals surface area contributed by atoms with Gasteiger partial charge in [-0.25, -0.2) is 4.79 Å². The Morgan fingerprint density at radius 2 is 1.87 bits per heavy atom. The van der Waals surface area contributed by atoms with Gasteiger partial charge in [0, 0.05) is 39.3 Å². The molecule has 3 fully saturated rings. The van der Waals surface area contributed by atoms with Gasteiger partial charge in [0.15, 0.2) is 0 Å². The standard InChI is InChI=1S/C16H28N4O2.ClH/c1-2-18-15(22)20-9-7-19(8-10-20)14(21)16-6-4-3-5-13(16)11-17-12-16;/h13,17H,2-12H2,1H3,(H,18,22);1H/t13-,16+;/m0./s1. The van der Waals surface area contributed by atoms with E-state index in [9.17, 15) is 9.59 Å². The highest BCUT2D eigenvalue weighted by atomic mass is 35.5. The van der Waals surface area contributed by atoms with Crippen LogP contribution in [0.1, 0.15) is 32.6 Å². The summed E-state index contributed by atoms with van der Waals surface area (Å²) in [5.74, 6) is 0.841. The van der Waals surface area contributed by atoms with Crippen LogP contribution in [0.25, 0.3) is 0 Å². The number of hydrogen-bond donors (Lipinski definition) is 2. The molecule has 2 aliphatic heterocycles. The second-order valence-electron chi connectivity index (χ2n) is 6.84. The van der Waals surface area contributed by atoms with Crippen LogP contribution in [-0.2, 0) is 4.79 Å². The molecule has 1 saturated carbocycles. The summed E-state index contributed by atoms with van der Waals surface area (Å²) in [5, 5.41) is 6.28. The second kappa shape index (κ2) is 7.71. The Morgan fingerprint density at radius 3 is 2.57 bits per heavy atom. The molecule has 0 aromatic carbocycles. The van der Waals surface area contributed by atoms with Gasteiger partial charge in [-0.1, -0.05) is 12.8 Å². The first-order chi connectivity index (χ1) is 10.7. The average molecular weight is 345 g/mol. The van der Waals surface area contributed by atoms with E-state index in [2.05, 4.69) is 10.6 Å². The molecule has 2 heterocycles. The second-order valence-corrected chi connectivity index (χ2v) is 6.84. The molecule has 0 radical (unpaired) electrons. The molecule has 132 valence electrons. The van der Waals surface area contributed by atoms with Gasteiger partial charge in [0.25, 0.3) is 0 Å². The normalized spacial score (nSPS) is 30.4. The number of nitrogens with one attached hydrogen (secondary N) is 2. The number of rotatable bonds is 2. The van der Waals surface area contributed by atoms with Crippen LogP contribution in [-0.4, -0.2) is 67.6 Å². The number of carbonyl (C=O) groups excluding carboxylic acids is 2. The molecular formula is C16H29ClN4O2. The van der Waals surface area contributed by atoms with Crippen molar-refractivity contribution < 1.29 is 9.59 Å². The van der Waals surface area contributed by atoms with Gasteiger partial charge in [-0.3, -0.25) is 4.79 Å². The molecule has 0 spiro atoms. The number of urea groups is 1. The van der Waals surface area contributed by atoms with Crippen molar-refractivity contribution >= 4 is 24.3 Å². The smallest absolute Gasteiger partial charge is 0.317 e. The molecular weight excluding hydrogens is 316 g/mol. The molecule has 2 saturated heterocycles. The van der Waals surface area contributed by atoms with Crippen molar-refractivity contribution in [2.45, 2.75) is 32.6 Å². The first-order valence-electron chi connectivity index (χ1n) is 8.70. The van der Waals surface area contributed by atoms with Gasteiger partial charge in [0.05, 0.1) is 5.41 Å². The molecule has 0 aromatic rings. The van der Waals surface area contributed by atoms with Crippen molar-refractivity contribution in [1.29, 1.82) is 0 Å². The zero-order chi connectivity index (χ0) is 15.6. The number of nitrogens with zero attached hydrogens (tertiary/aromatic N) is 2. The van der Waals surface area contributed by atoms with E-state index in [-0.39, 0.29) is 23.9 Å². The first kappa shape index (κ1) is 18.3. The predicted octanol–water partition coefficient (Wildman–Crippen LogP) is 1.06. The molecule has 6 nitrogen and oxygen atoms in total. The monoisotopic (exact) mass is 344 g/mol. The Hall–Kier alpha value is -1.01. The van der Waals surface area contributed by atoms with Crippen LogP contribution in [0.15, 0.2) is 0 Å². The van der Waals surface area contributed by atoms with Gasteiger partial charge in [-0.05, 0) is 32.2 Å². The van der Waals surface area contributed by atoms with Gasteiger partial charge < -0.3 is 20.4 Å². The molecule has 2 N–H and O–H groups in total. The largest absolute Gasteiger partial charge is 0.339 e. The van der Waals surface area contributed by atoms with Crippen LogP contribution >= 0.6 is 12.4 Å². The average Bonchev–Trinajstić information content (AvgIpc) is 2.99. The lowest BCUT2D eigenvalue weighted by Gasteiger charge is -2.43. The first-order valence-corrected chi connectivity index (χ1v) is 8.70. The van der Waals surface area contributed by atoms with Crippen LogP contribution in [0, 0.1) is 11.3 Å². The van der Waals surface area contributed by atoms with E-state index in [1.807, 2.05) is 16.7 Å². The van der Waals surface area contributed by atoms with Gasteiger partial charge in [-0.2, -0.15) is 0 Å². The van der Waals surface area contributed by atoms with Gasteiger partial charge in [0.2, 0.25) is 5.91 Å². The Kier molecular flexibility index (Phi) is 6.14. The molecule has 0 unspecified atom stereocenters. The van der Waals surface area contributed by atoms with E-state index in [0.29, 0.717) is 44.5 Å². The van der Waals surface area contributed by atoms with Gasteiger partial charge in [0.1, 0.15) is 0 Å². The lowest BCUT2D eigenvalue weighted by atomic mass is 9.67. The number of hydrogen-bond acceptors (Lipinski definition) is 3. The summed E-state index contributed by atoms with van der Waals surface area (Å²) in [4.78, 5) is 28.8. The van der Waals surface area contributed by atoms with Crippen molar-refractivity contribution in [2.24, 2.45) is 11.3 Å². The fourth-order valence-corrected chi connectivity index (χ4v) is 4.36. The van der Waals surface area contributed by atoms with E-state index in [1.54, 1.807) is 0 Å². The van der Waals surface area contributed by atoms with E-state index >= 15 is 0 Å². The molecule has 1 aliphatic carbocycles. The highest BCUT2D eigenvalue weighted by molar-refractivity contribution is 5.85. The number of halogens is 1. The summed E-state index contributed by atoms with van der Waals surface area (Å²) in [5.41, 5.74) is -0.161. The predicted molar refractivity (Wildman–Crippen MR) is 91.7 cm³/mol. The van der Waals surface area contributed by atoms with Crippen molar-refractivity contribution in [3.8, 4) is 0 Å². The van der Waals surface area contributed by atoms with Crippen LogP contribution < -0.4 is 10.6 Å². The molecule has 3 rings (SSSR count). The van der Waals surface area contributed by atoms with Crippen molar-refractivity contribution in [3.63, 3.8) is 0 Å². The Labute approximate surface area is 144 Å². The molecule has 3 amide bonds. The highest BCUT2D eigenvalue weighted by Gasteiger charge is 2.51. The summed E-state index contributed by atoms with van der Waals surface area (Å²) in [6.07, 6.45) is 4.63. The maximum absolute atomic E-state index is 13.1. The molecule has 3 aliphatic rings. The van der Waals surface area contributed by atoms with E-state index in [0.717, 1.165) is 19.5 Å². The SMILES string of the molecule is CCNC(=O)N1CCN(C(=O)[C@@]23CCCC[C@H]2CNC3)CC1.Cl. The highest BCUT2D eigenvalue weighted by Crippen LogP contribution is 2.45. The minimum atomic E-state index is -0.161. The van der Waals surface area contributed by atoms with Crippen LogP contribution in [0.5, 0.6) is 0 Å². The van der Waals surface area contributed by atoms with Crippen LogP contribution in [0.2, 0.25) is 0 Å². The maximum Gasteiger partial charge on any atom is 0.317 e. The number of carbonyl (C=O) groups is 2. The Balaban J connectivity index is 0.00000192. The third-order valence-electron chi connectivity index (χ3n) is 5.65. The zero-order valence-electron chi connectivity index (χ0n) is 14.0. The van der Waals surface area contributed by atoms with Crippen molar-refractivity contribution in [1.82, 2.24) is 20.4 Å². The van der Waals surface area contributed by atoms with E-state index < -0.39 is 0 Å². The molecule has 0 bridgehead atoms. The number of amides is 3. The third-order valence-corrected chi connectivity index (χ3v) is 5.65. The number of fused-ring (bicyclic) bond motifs is 1. The quantitative estimate of drug-likeness (QED) is 0.787. The fourth-order valence-electron chi connectivity index (χ4n) is 4.36. The maximum atomic E-state index is 13.1. The summed E-state index contributed by atoms with van der Waals surface area (Å²) in [6.45, 7) is 7.03. The minimum Gasteiger partial charge on any atom is -0.339 e. The van der Waals surface area contributed by atoms with E-state index in [4.69, 9.17) is 0 Å². The Bertz CT molecular complexity index is 440. The molecule has 7 heteroatoms. The van der Waals surface area contributed by atoms with E-state index in [1.165, 1.54) is 19.3 Å². The van der Waals surface area contributed by atoms with Crippen molar-refractivity contribution in [3.05, 3.63) is 0 Å². The zero-order valence-corrected chi connectivity index (χ0v) is 14.8. The van der Waals surface area contributed by atoms with Crippen LogP contribution in [0.4, 0.5) is 4.79 Å². The van der Waals surface area contributed by atoms with Crippen LogP contribution in [0.3, 0.4) is 0 Å². The molecule has 0 aromatic heterocycles. The fraction of sp³-hybridized carbons (Fsp3) is 0.875. The lowest BCUT2D eigenvalue weighted by molar-refractivity contribution is -0.146. The summed E-state index contributed by atoms with van der Waals surface area (Å²) < 4.78 is 0. The topological polar surface area (TPSA) is 64.7 Å². The van der Waals surface area contributed by atoms with Gasteiger partial charge >= 0.3 is 6.03 Å². The minimum absolute atomic E-state index is 0. The molecule has 2 atom stereocenters. The summed E-state index contributed by atoms with van der Waals surface area (Å²) in [6, 6.07) is -0.00848. The van der Waals surface area contributed by atoms with Gasteiger partial charge in [-0.15, -0.1) is 12.4 Å². The number of piperazine rings is 1. The third kappa shape index (κ3) is 3.43. The Morgan fingerprint density at radius 1 is 1.17 bits per heavy atom. The summed E-state index contributed by atoms with van der Waals surface area (Å²) >= 11 is 0.